The fourth-order valence-corrected chi connectivity index (χ4v) is 2.45. The van der Waals surface area contributed by atoms with Gasteiger partial charge in [0.15, 0.2) is 0 Å². The zero-order chi connectivity index (χ0) is 11.5. The predicted molar refractivity (Wildman–Crippen MR) is 62.0 cm³/mol. The van der Waals surface area contributed by atoms with Crippen LogP contribution in [0.2, 0.25) is 5.02 Å². The van der Waals surface area contributed by atoms with E-state index in [1.807, 2.05) is 5.38 Å². The Hall–Kier alpha value is -1.17. The molecule has 2 heterocycles. The fourth-order valence-electron chi connectivity index (χ4n) is 1.31. The van der Waals surface area contributed by atoms with Gasteiger partial charge < -0.3 is 9.84 Å². The van der Waals surface area contributed by atoms with Crippen LogP contribution in [0, 0.1) is 0 Å². The minimum atomic E-state index is -0.906. The van der Waals surface area contributed by atoms with Gasteiger partial charge in [-0.25, -0.2) is 4.98 Å². The molecule has 2 aromatic heterocycles. The summed E-state index contributed by atoms with van der Waals surface area (Å²) in [7, 11) is 1.48. The van der Waals surface area contributed by atoms with Crippen molar-refractivity contribution in [2.45, 2.75) is 6.10 Å². The predicted octanol–water partition coefficient (Wildman–Crippen LogP) is 2.28. The molecule has 16 heavy (non-hydrogen) atoms. The Morgan fingerprint density at radius 3 is 2.81 bits per heavy atom. The molecule has 84 valence electrons. The van der Waals surface area contributed by atoms with Crippen LogP contribution in [0.1, 0.15) is 16.7 Å². The number of ether oxygens (including phenoxy) is 1. The summed E-state index contributed by atoms with van der Waals surface area (Å²) in [6, 6.07) is 1.73. The fraction of sp³-hybridized carbons (Fsp3) is 0.200. The first-order chi connectivity index (χ1) is 7.74. The van der Waals surface area contributed by atoms with Crippen LogP contribution >= 0.6 is 22.9 Å². The number of rotatable bonds is 3. The Balaban J connectivity index is 2.41. The van der Waals surface area contributed by atoms with E-state index in [1.54, 1.807) is 6.07 Å². The number of nitrogens with zero attached hydrogens (tertiary/aromatic N) is 2. The van der Waals surface area contributed by atoms with Gasteiger partial charge in [-0.3, -0.25) is 4.98 Å². The van der Waals surface area contributed by atoms with Crippen molar-refractivity contribution in [3.05, 3.63) is 39.4 Å². The van der Waals surface area contributed by atoms with E-state index < -0.39 is 6.10 Å². The largest absolute Gasteiger partial charge is 0.480 e. The number of hydrogen-bond donors (Lipinski definition) is 1. The lowest BCUT2D eigenvalue weighted by Gasteiger charge is -2.11. The molecule has 0 radical (unpaired) electrons. The van der Waals surface area contributed by atoms with Crippen molar-refractivity contribution < 1.29 is 9.84 Å². The second-order valence-electron chi connectivity index (χ2n) is 2.99. The van der Waals surface area contributed by atoms with E-state index in [-0.39, 0.29) is 0 Å². The van der Waals surface area contributed by atoms with Crippen molar-refractivity contribution >= 4 is 22.9 Å². The third-order valence-electron chi connectivity index (χ3n) is 2.04. The van der Waals surface area contributed by atoms with Crippen LogP contribution in [0.5, 0.6) is 5.88 Å². The second kappa shape index (κ2) is 4.78. The first-order valence-corrected chi connectivity index (χ1v) is 5.75. The van der Waals surface area contributed by atoms with E-state index in [0.717, 1.165) is 0 Å². The molecule has 0 amide bonds. The number of methoxy groups -OCH3 is 1. The van der Waals surface area contributed by atoms with Gasteiger partial charge in [-0.1, -0.05) is 11.6 Å². The van der Waals surface area contributed by atoms with Crippen LogP contribution in [0.4, 0.5) is 0 Å². The third-order valence-corrected chi connectivity index (χ3v) is 3.45. The lowest BCUT2D eigenvalue weighted by molar-refractivity contribution is 0.211. The summed E-state index contributed by atoms with van der Waals surface area (Å²) in [6.07, 6.45) is 2.10. The lowest BCUT2D eigenvalue weighted by atomic mass is 10.2. The molecule has 0 saturated carbocycles. The first kappa shape index (κ1) is 11.3. The van der Waals surface area contributed by atoms with Crippen molar-refractivity contribution in [1.29, 1.82) is 0 Å². The van der Waals surface area contributed by atoms with Gasteiger partial charge in [-0.05, 0) is 11.4 Å². The maximum absolute atomic E-state index is 10.1. The molecule has 0 aromatic carbocycles. The maximum atomic E-state index is 10.1. The van der Waals surface area contributed by atoms with E-state index >= 15 is 0 Å². The van der Waals surface area contributed by atoms with Crippen LogP contribution in [-0.4, -0.2) is 22.2 Å². The molecule has 0 aliphatic carbocycles. The summed E-state index contributed by atoms with van der Waals surface area (Å²) in [5.41, 5.74) is 0.370. The van der Waals surface area contributed by atoms with Crippen molar-refractivity contribution in [3.63, 3.8) is 0 Å². The summed E-state index contributed by atoms with van der Waals surface area (Å²) >= 11 is 7.31. The number of hydrogen-bond acceptors (Lipinski definition) is 5. The van der Waals surface area contributed by atoms with Crippen molar-refractivity contribution in [3.8, 4) is 5.88 Å². The molecule has 0 aliphatic rings. The SMILES string of the molecule is COc1nccnc1C(O)c1sccc1Cl. The van der Waals surface area contributed by atoms with Crippen molar-refractivity contribution in [2.75, 3.05) is 7.11 Å². The summed E-state index contributed by atoms with van der Waals surface area (Å²) in [5.74, 6) is 0.305. The van der Waals surface area contributed by atoms with E-state index in [4.69, 9.17) is 16.3 Å². The minimum Gasteiger partial charge on any atom is -0.480 e. The molecular weight excluding hydrogens is 248 g/mol. The first-order valence-electron chi connectivity index (χ1n) is 4.50. The number of aliphatic hydroxyl groups is 1. The molecule has 0 saturated heterocycles. The summed E-state index contributed by atoms with van der Waals surface area (Å²) in [4.78, 5) is 8.67. The van der Waals surface area contributed by atoms with Gasteiger partial charge in [0.1, 0.15) is 11.8 Å². The number of thiophene rings is 1. The van der Waals surface area contributed by atoms with Gasteiger partial charge in [-0.15, -0.1) is 11.3 Å². The van der Waals surface area contributed by atoms with Gasteiger partial charge in [0, 0.05) is 12.4 Å². The van der Waals surface area contributed by atoms with Crippen LogP contribution < -0.4 is 4.74 Å². The minimum absolute atomic E-state index is 0.305. The monoisotopic (exact) mass is 256 g/mol. The zero-order valence-corrected chi connectivity index (χ0v) is 10.00. The quantitative estimate of drug-likeness (QED) is 0.915. The molecule has 6 heteroatoms. The molecule has 1 unspecified atom stereocenters. The highest BCUT2D eigenvalue weighted by atomic mass is 35.5. The van der Waals surface area contributed by atoms with E-state index in [1.165, 1.54) is 30.8 Å². The van der Waals surface area contributed by atoms with Gasteiger partial charge >= 0.3 is 0 Å². The zero-order valence-electron chi connectivity index (χ0n) is 8.42. The Morgan fingerprint density at radius 1 is 1.44 bits per heavy atom. The van der Waals surface area contributed by atoms with Crippen LogP contribution in [0.15, 0.2) is 23.8 Å². The molecule has 0 bridgehead atoms. The average molecular weight is 257 g/mol. The second-order valence-corrected chi connectivity index (χ2v) is 4.34. The Kier molecular flexibility index (Phi) is 3.38. The number of aromatic nitrogens is 2. The molecule has 2 aromatic rings. The Labute approximate surface area is 102 Å². The van der Waals surface area contributed by atoms with Crippen LogP contribution in [-0.2, 0) is 0 Å². The molecule has 1 N–H and O–H groups in total. The highest BCUT2D eigenvalue weighted by molar-refractivity contribution is 7.10. The molecule has 0 spiro atoms. The van der Waals surface area contributed by atoms with Gasteiger partial charge in [0.2, 0.25) is 5.88 Å². The van der Waals surface area contributed by atoms with E-state index in [9.17, 15) is 5.11 Å². The van der Waals surface area contributed by atoms with Gasteiger partial charge in [-0.2, -0.15) is 0 Å². The highest BCUT2D eigenvalue weighted by Crippen LogP contribution is 2.34. The smallest absolute Gasteiger partial charge is 0.238 e. The average Bonchev–Trinajstić information content (AvgIpc) is 2.74. The lowest BCUT2D eigenvalue weighted by Crippen LogP contribution is -2.05. The summed E-state index contributed by atoms with van der Waals surface area (Å²) in [6.45, 7) is 0. The standard InChI is InChI=1S/C10H9ClN2O2S/c1-15-10-7(12-3-4-13-10)8(14)9-6(11)2-5-16-9/h2-5,8,14H,1H3. The van der Waals surface area contributed by atoms with Gasteiger partial charge in [0.05, 0.1) is 17.0 Å². The molecule has 0 aliphatic heterocycles. The molecular formula is C10H9ClN2O2S. The third kappa shape index (κ3) is 2.02. The normalized spacial score (nSPS) is 12.4. The molecule has 4 nitrogen and oxygen atoms in total. The van der Waals surface area contributed by atoms with Crippen LogP contribution in [0.3, 0.4) is 0 Å². The molecule has 2 rings (SSSR count). The molecule has 1 atom stereocenters. The summed E-state index contributed by atoms with van der Waals surface area (Å²) in [5, 5.41) is 12.4. The summed E-state index contributed by atoms with van der Waals surface area (Å²) < 4.78 is 5.03. The Bertz CT molecular complexity index is 489. The molecule has 0 fully saturated rings. The number of halogens is 1. The Morgan fingerprint density at radius 2 is 2.19 bits per heavy atom. The van der Waals surface area contributed by atoms with Crippen LogP contribution in [0.25, 0.3) is 0 Å². The van der Waals surface area contributed by atoms with Gasteiger partial charge in [0.25, 0.3) is 0 Å². The maximum Gasteiger partial charge on any atom is 0.238 e. The number of aliphatic hydroxyl groups excluding tert-OH is 1. The van der Waals surface area contributed by atoms with E-state index in [0.29, 0.717) is 21.5 Å². The van der Waals surface area contributed by atoms with Crippen molar-refractivity contribution in [2.24, 2.45) is 0 Å². The highest BCUT2D eigenvalue weighted by Gasteiger charge is 2.21. The van der Waals surface area contributed by atoms with E-state index in [2.05, 4.69) is 9.97 Å². The topological polar surface area (TPSA) is 55.2 Å². The van der Waals surface area contributed by atoms with Crippen molar-refractivity contribution in [1.82, 2.24) is 9.97 Å².